The van der Waals surface area contributed by atoms with E-state index in [1.54, 1.807) is 6.07 Å². The molecule has 1 atom stereocenters. The summed E-state index contributed by atoms with van der Waals surface area (Å²) in [6.07, 6.45) is -0.582. The standard InChI is InChI=1S/C5H7ClN2O2/c1-10-5(9)8-3-4(6)2-7/h4H,3H2,1H3,(H,8,9). The molecule has 0 aliphatic rings. The third kappa shape index (κ3) is 3.98. The van der Waals surface area contributed by atoms with Gasteiger partial charge in [-0.3, -0.25) is 0 Å². The molecule has 0 aliphatic carbocycles. The second-order valence-corrected chi connectivity index (χ2v) is 2.00. The fourth-order valence-electron chi connectivity index (χ4n) is 0.291. The maximum absolute atomic E-state index is 10.3. The summed E-state index contributed by atoms with van der Waals surface area (Å²) < 4.78 is 4.23. The molecule has 0 aromatic rings. The van der Waals surface area contributed by atoms with Gasteiger partial charge in [0, 0.05) is 0 Å². The van der Waals surface area contributed by atoms with Crippen molar-refractivity contribution in [1.82, 2.24) is 5.32 Å². The number of carbonyl (C=O) groups is 1. The maximum atomic E-state index is 10.3. The van der Waals surface area contributed by atoms with Gasteiger partial charge in [-0.15, -0.1) is 11.6 Å². The van der Waals surface area contributed by atoms with Gasteiger partial charge in [-0.2, -0.15) is 5.26 Å². The second-order valence-electron chi connectivity index (χ2n) is 1.47. The van der Waals surface area contributed by atoms with Crippen LogP contribution in [-0.4, -0.2) is 25.1 Å². The van der Waals surface area contributed by atoms with Gasteiger partial charge in [0.2, 0.25) is 0 Å². The molecule has 1 amide bonds. The van der Waals surface area contributed by atoms with Crippen molar-refractivity contribution in [3.63, 3.8) is 0 Å². The number of methoxy groups -OCH3 is 1. The Morgan fingerprint density at radius 3 is 3.00 bits per heavy atom. The van der Waals surface area contributed by atoms with Crippen LogP contribution in [0.1, 0.15) is 0 Å². The Morgan fingerprint density at radius 2 is 2.60 bits per heavy atom. The number of alkyl carbamates (subject to hydrolysis) is 1. The SMILES string of the molecule is COC(=O)NCC(Cl)C#N. The van der Waals surface area contributed by atoms with Gasteiger partial charge in [-0.25, -0.2) is 4.79 Å². The first-order valence-corrected chi connectivity index (χ1v) is 3.00. The zero-order valence-corrected chi connectivity index (χ0v) is 6.18. The summed E-state index contributed by atoms with van der Waals surface area (Å²) in [5.41, 5.74) is 0. The molecule has 0 rings (SSSR count). The van der Waals surface area contributed by atoms with Crippen molar-refractivity contribution in [2.24, 2.45) is 0 Å². The number of amides is 1. The van der Waals surface area contributed by atoms with Crippen molar-refractivity contribution < 1.29 is 9.53 Å². The van der Waals surface area contributed by atoms with E-state index in [1.807, 2.05) is 0 Å². The lowest BCUT2D eigenvalue weighted by Gasteiger charge is -2.01. The molecule has 0 spiro atoms. The molecule has 0 saturated heterocycles. The Balaban J connectivity index is 3.37. The Bertz CT molecular complexity index is 154. The van der Waals surface area contributed by atoms with Crippen LogP contribution in [-0.2, 0) is 4.74 Å². The van der Waals surface area contributed by atoms with Gasteiger partial charge in [0.25, 0.3) is 0 Å². The number of alkyl halides is 1. The quantitative estimate of drug-likeness (QED) is 0.601. The average Bonchev–Trinajstić information content (AvgIpc) is 1.99. The van der Waals surface area contributed by atoms with E-state index in [0.717, 1.165) is 0 Å². The van der Waals surface area contributed by atoms with Gasteiger partial charge in [-0.1, -0.05) is 0 Å². The normalized spacial score (nSPS) is 11.3. The van der Waals surface area contributed by atoms with Gasteiger partial charge in [0.15, 0.2) is 0 Å². The third-order valence-corrected chi connectivity index (χ3v) is 1.00. The minimum absolute atomic E-state index is 0.102. The molecule has 5 heteroatoms. The average molecular weight is 163 g/mol. The van der Waals surface area contributed by atoms with Crippen LogP contribution in [0, 0.1) is 11.3 Å². The Kier molecular flexibility index (Phi) is 4.42. The number of hydrogen-bond donors (Lipinski definition) is 1. The predicted octanol–water partition coefficient (Wildman–Crippen LogP) is 0.473. The Labute approximate surface area is 63.7 Å². The van der Waals surface area contributed by atoms with Crippen LogP contribution in [0.4, 0.5) is 4.79 Å². The summed E-state index contributed by atoms with van der Waals surface area (Å²) in [6, 6.07) is 1.74. The van der Waals surface area contributed by atoms with Crippen molar-refractivity contribution in [1.29, 1.82) is 5.26 Å². The van der Waals surface area contributed by atoms with Gasteiger partial charge >= 0.3 is 6.09 Å². The molecule has 0 saturated carbocycles. The van der Waals surface area contributed by atoms with E-state index in [1.165, 1.54) is 7.11 Å². The molecule has 56 valence electrons. The van der Waals surface area contributed by atoms with Crippen LogP contribution < -0.4 is 5.32 Å². The Hall–Kier alpha value is -0.950. The van der Waals surface area contributed by atoms with Gasteiger partial charge < -0.3 is 10.1 Å². The smallest absolute Gasteiger partial charge is 0.406 e. The van der Waals surface area contributed by atoms with E-state index in [0.29, 0.717) is 0 Å². The fraction of sp³-hybridized carbons (Fsp3) is 0.600. The molecule has 4 nitrogen and oxygen atoms in total. The molecular formula is C5H7ClN2O2. The van der Waals surface area contributed by atoms with Crippen LogP contribution in [0.5, 0.6) is 0 Å². The van der Waals surface area contributed by atoms with E-state index in [2.05, 4.69) is 10.1 Å². The summed E-state index contributed by atoms with van der Waals surface area (Å²) in [5, 5.41) is 9.72. The van der Waals surface area contributed by atoms with E-state index in [4.69, 9.17) is 16.9 Å². The molecule has 0 aromatic carbocycles. The highest BCUT2D eigenvalue weighted by Gasteiger charge is 2.03. The first-order chi connectivity index (χ1) is 4.70. The maximum Gasteiger partial charge on any atom is 0.406 e. The number of nitriles is 1. The highest BCUT2D eigenvalue weighted by molar-refractivity contribution is 6.22. The first kappa shape index (κ1) is 9.05. The lowest BCUT2D eigenvalue weighted by atomic mass is 10.5. The molecule has 0 radical (unpaired) electrons. The van der Waals surface area contributed by atoms with Crippen LogP contribution in [0.3, 0.4) is 0 Å². The molecule has 10 heavy (non-hydrogen) atoms. The zero-order valence-electron chi connectivity index (χ0n) is 5.43. The topological polar surface area (TPSA) is 62.1 Å². The molecule has 1 unspecified atom stereocenters. The van der Waals surface area contributed by atoms with E-state index in [9.17, 15) is 4.79 Å². The zero-order chi connectivity index (χ0) is 7.98. The number of hydrogen-bond acceptors (Lipinski definition) is 3. The summed E-state index contributed by atoms with van der Waals surface area (Å²) in [4.78, 5) is 10.3. The molecule has 0 fully saturated rings. The second kappa shape index (κ2) is 4.89. The van der Waals surface area contributed by atoms with Crippen LogP contribution in [0.25, 0.3) is 0 Å². The highest BCUT2D eigenvalue weighted by atomic mass is 35.5. The van der Waals surface area contributed by atoms with Crippen molar-refractivity contribution in [3.8, 4) is 6.07 Å². The van der Waals surface area contributed by atoms with Gasteiger partial charge in [-0.05, 0) is 0 Å². The first-order valence-electron chi connectivity index (χ1n) is 2.56. The Morgan fingerprint density at radius 1 is 2.00 bits per heavy atom. The van der Waals surface area contributed by atoms with E-state index < -0.39 is 11.5 Å². The number of nitrogens with zero attached hydrogens (tertiary/aromatic N) is 1. The van der Waals surface area contributed by atoms with E-state index in [-0.39, 0.29) is 6.54 Å². The summed E-state index contributed by atoms with van der Waals surface area (Å²) in [5.74, 6) is 0. The molecule has 0 aromatic heterocycles. The lowest BCUT2D eigenvalue weighted by Crippen LogP contribution is -2.28. The van der Waals surface area contributed by atoms with Crippen molar-refractivity contribution >= 4 is 17.7 Å². The summed E-state index contributed by atoms with van der Waals surface area (Å²) >= 11 is 5.33. The van der Waals surface area contributed by atoms with Gasteiger partial charge in [0.1, 0.15) is 5.38 Å². The molecular weight excluding hydrogens is 156 g/mol. The summed E-state index contributed by atoms with van der Waals surface area (Å²) in [6.45, 7) is 0.102. The van der Waals surface area contributed by atoms with E-state index >= 15 is 0 Å². The molecule has 1 N–H and O–H groups in total. The number of halogens is 1. The van der Waals surface area contributed by atoms with Crippen LogP contribution in [0.2, 0.25) is 0 Å². The minimum Gasteiger partial charge on any atom is -0.453 e. The number of ether oxygens (including phenoxy) is 1. The van der Waals surface area contributed by atoms with Crippen molar-refractivity contribution in [2.45, 2.75) is 5.38 Å². The van der Waals surface area contributed by atoms with Gasteiger partial charge in [0.05, 0.1) is 19.7 Å². The summed E-state index contributed by atoms with van der Waals surface area (Å²) in [7, 11) is 1.24. The lowest BCUT2D eigenvalue weighted by molar-refractivity contribution is 0.171. The minimum atomic E-state index is -0.695. The number of nitrogens with one attached hydrogen (secondary N) is 1. The number of carbonyl (C=O) groups excluding carboxylic acids is 1. The molecule has 0 heterocycles. The monoisotopic (exact) mass is 162 g/mol. The van der Waals surface area contributed by atoms with Crippen molar-refractivity contribution in [3.05, 3.63) is 0 Å². The van der Waals surface area contributed by atoms with Crippen molar-refractivity contribution in [2.75, 3.05) is 13.7 Å². The highest BCUT2D eigenvalue weighted by Crippen LogP contribution is 1.89. The molecule has 0 aliphatic heterocycles. The fourth-order valence-corrected chi connectivity index (χ4v) is 0.368. The predicted molar refractivity (Wildman–Crippen MR) is 35.7 cm³/mol. The number of rotatable bonds is 2. The van der Waals surface area contributed by atoms with Crippen LogP contribution >= 0.6 is 11.6 Å². The molecule has 0 bridgehead atoms. The largest absolute Gasteiger partial charge is 0.453 e. The third-order valence-electron chi connectivity index (χ3n) is 0.751. The van der Waals surface area contributed by atoms with Crippen LogP contribution in [0.15, 0.2) is 0 Å².